The Bertz CT molecular complexity index is 1430. The van der Waals surface area contributed by atoms with Crippen LogP contribution in [0.4, 0.5) is 5.69 Å². The number of fused-ring (bicyclic) bond motifs is 1. The molecule has 180 valence electrons. The molecule has 0 radical (unpaired) electrons. The summed E-state index contributed by atoms with van der Waals surface area (Å²) in [5.41, 5.74) is 3.69. The van der Waals surface area contributed by atoms with Crippen LogP contribution >= 0.6 is 11.6 Å². The topological polar surface area (TPSA) is 69.6 Å². The molecule has 0 fully saturated rings. The van der Waals surface area contributed by atoms with Crippen LogP contribution in [0.5, 0.6) is 11.5 Å². The Morgan fingerprint density at radius 2 is 1.63 bits per heavy atom. The average Bonchev–Trinajstić information content (AvgIpc) is 2.87. The molecule has 0 spiro atoms. The fourth-order valence-electron chi connectivity index (χ4n) is 4.01. The van der Waals surface area contributed by atoms with Gasteiger partial charge in [-0.25, -0.2) is 0 Å². The highest BCUT2D eigenvalue weighted by Gasteiger charge is 2.15. The molecule has 0 unspecified atom stereocenters. The summed E-state index contributed by atoms with van der Waals surface area (Å²) in [7, 11) is 3.20. The quantitative estimate of drug-likeness (QED) is 0.359. The zero-order valence-electron chi connectivity index (χ0n) is 19.9. The Morgan fingerprint density at radius 3 is 2.34 bits per heavy atom. The number of nitrogens with one attached hydrogen (secondary N) is 1. The lowest BCUT2D eigenvalue weighted by Gasteiger charge is -2.15. The van der Waals surface area contributed by atoms with Gasteiger partial charge in [-0.3, -0.25) is 14.2 Å². The van der Waals surface area contributed by atoms with Crippen LogP contribution in [0.1, 0.15) is 16.7 Å². The van der Waals surface area contributed by atoms with Crippen LogP contribution in [0.25, 0.3) is 10.9 Å². The third-order valence-electron chi connectivity index (χ3n) is 6.00. The van der Waals surface area contributed by atoms with E-state index in [1.165, 1.54) is 4.57 Å². The summed E-state index contributed by atoms with van der Waals surface area (Å²) in [6.07, 6.45) is 1.23. The van der Waals surface area contributed by atoms with Crippen molar-refractivity contribution in [3.05, 3.63) is 98.8 Å². The van der Waals surface area contributed by atoms with E-state index in [2.05, 4.69) is 5.32 Å². The molecule has 1 aromatic heterocycles. The first-order chi connectivity index (χ1) is 16.9. The van der Waals surface area contributed by atoms with Crippen molar-refractivity contribution < 1.29 is 14.3 Å². The smallest absolute Gasteiger partial charge is 0.254 e. The van der Waals surface area contributed by atoms with Gasteiger partial charge < -0.3 is 14.8 Å². The fourth-order valence-corrected chi connectivity index (χ4v) is 4.18. The highest BCUT2D eigenvalue weighted by atomic mass is 35.5. The van der Waals surface area contributed by atoms with E-state index in [1.54, 1.807) is 32.4 Å². The predicted molar refractivity (Wildman–Crippen MR) is 140 cm³/mol. The molecular weight excluding hydrogens is 464 g/mol. The zero-order valence-corrected chi connectivity index (χ0v) is 20.7. The van der Waals surface area contributed by atoms with E-state index in [4.69, 9.17) is 21.1 Å². The summed E-state index contributed by atoms with van der Waals surface area (Å²) in [5.74, 6) is 1.09. The van der Waals surface area contributed by atoms with Crippen molar-refractivity contribution in [2.45, 2.75) is 26.3 Å². The maximum Gasteiger partial charge on any atom is 0.254 e. The van der Waals surface area contributed by atoms with Crippen molar-refractivity contribution in [2.75, 3.05) is 19.5 Å². The van der Waals surface area contributed by atoms with Crippen molar-refractivity contribution in [3.8, 4) is 11.5 Å². The number of halogens is 1. The molecule has 0 atom stereocenters. The van der Waals surface area contributed by atoms with Crippen LogP contribution in [-0.2, 0) is 24.2 Å². The number of amides is 1. The second kappa shape index (κ2) is 10.7. The fraction of sp³-hybridized carbons (Fsp3) is 0.214. The third-order valence-corrected chi connectivity index (χ3v) is 6.23. The van der Waals surface area contributed by atoms with Gasteiger partial charge >= 0.3 is 0 Å². The lowest BCUT2D eigenvalue weighted by atomic mass is 10.0. The van der Waals surface area contributed by atoms with E-state index in [0.29, 0.717) is 40.4 Å². The van der Waals surface area contributed by atoms with Crippen LogP contribution in [0.2, 0.25) is 5.02 Å². The SMILES string of the molecule is COc1ccc(CCc2cc3ccc(OC)cc3n(CC(=O)Nc3cc(Cl)ccc3C)c2=O)cc1. The van der Waals surface area contributed by atoms with Crippen LogP contribution < -0.4 is 20.3 Å². The van der Waals surface area contributed by atoms with Crippen LogP contribution in [-0.4, -0.2) is 24.7 Å². The number of hydrogen-bond donors (Lipinski definition) is 1. The van der Waals surface area contributed by atoms with Gasteiger partial charge in [-0.2, -0.15) is 0 Å². The third kappa shape index (κ3) is 5.66. The number of carbonyl (C=O) groups is 1. The molecule has 0 aliphatic rings. The molecule has 0 aliphatic heterocycles. The Balaban J connectivity index is 1.66. The number of ether oxygens (including phenoxy) is 2. The summed E-state index contributed by atoms with van der Waals surface area (Å²) in [4.78, 5) is 26.5. The molecule has 4 rings (SSSR count). The molecular formula is C28H27ClN2O4. The molecule has 4 aromatic rings. The lowest BCUT2D eigenvalue weighted by Crippen LogP contribution is -2.30. The van der Waals surface area contributed by atoms with Gasteiger partial charge in [0.2, 0.25) is 5.91 Å². The summed E-state index contributed by atoms with van der Waals surface area (Å²) >= 11 is 6.09. The minimum absolute atomic E-state index is 0.134. The minimum atomic E-state index is -0.311. The number of rotatable bonds is 8. The highest BCUT2D eigenvalue weighted by molar-refractivity contribution is 6.31. The van der Waals surface area contributed by atoms with Crippen LogP contribution in [0, 0.1) is 6.92 Å². The number of anilines is 1. The number of hydrogen-bond acceptors (Lipinski definition) is 4. The second-order valence-electron chi connectivity index (χ2n) is 8.34. The van der Waals surface area contributed by atoms with E-state index >= 15 is 0 Å². The number of aryl methyl sites for hydroxylation is 3. The van der Waals surface area contributed by atoms with E-state index in [0.717, 1.165) is 22.3 Å². The van der Waals surface area contributed by atoms with E-state index < -0.39 is 0 Å². The Hall–Kier alpha value is -3.77. The molecule has 0 saturated carbocycles. The summed E-state index contributed by atoms with van der Waals surface area (Å²) in [6, 6.07) is 20.5. The Labute approximate surface area is 209 Å². The van der Waals surface area contributed by atoms with Gasteiger partial charge in [-0.15, -0.1) is 0 Å². The minimum Gasteiger partial charge on any atom is -0.497 e. The Kier molecular flexibility index (Phi) is 7.42. The van der Waals surface area contributed by atoms with Gasteiger partial charge in [0.25, 0.3) is 5.56 Å². The molecule has 6 nitrogen and oxygen atoms in total. The molecule has 1 N–H and O–H groups in total. The van der Waals surface area contributed by atoms with Crippen molar-refractivity contribution in [2.24, 2.45) is 0 Å². The molecule has 1 heterocycles. The normalized spacial score (nSPS) is 10.9. The number of aromatic nitrogens is 1. The maximum atomic E-state index is 13.5. The van der Waals surface area contributed by atoms with Gasteiger partial charge in [0, 0.05) is 22.3 Å². The summed E-state index contributed by atoms with van der Waals surface area (Å²) in [5, 5.41) is 4.27. The summed E-state index contributed by atoms with van der Waals surface area (Å²) < 4.78 is 12.1. The first kappa shape index (κ1) is 24.4. The van der Waals surface area contributed by atoms with Crippen LogP contribution in [0.15, 0.2) is 71.5 Å². The number of nitrogens with zero attached hydrogens (tertiary/aromatic N) is 1. The number of benzene rings is 3. The molecule has 35 heavy (non-hydrogen) atoms. The van der Waals surface area contributed by atoms with Crippen molar-refractivity contribution in [1.82, 2.24) is 4.57 Å². The number of methoxy groups -OCH3 is 2. The van der Waals surface area contributed by atoms with Crippen molar-refractivity contribution in [1.29, 1.82) is 0 Å². The first-order valence-corrected chi connectivity index (χ1v) is 11.6. The molecule has 0 saturated heterocycles. The Morgan fingerprint density at radius 1 is 0.914 bits per heavy atom. The van der Waals surface area contributed by atoms with E-state index in [1.807, 2.05) is 55.5 Å². The van der Waals surface area contributed by atoms with Crippen molar-refractivity contribution >= 4 is 34.1 Å². The molecule has 1 amide bonds. The van der Waals surface area contributed by atoms with Gasteiger partial charge in [-0.1, -0.05) is 29.8 Å². The maximum absolute atomic E-state index is 13.5. The zero-order chi connectivity index (χ0) is 24.9. The van der Waals surface area contributed by atoms with Gasteiger partial charge in [-0.05, 0) is 78.7 Å². The van der Waals surface area contributed by atoms with Gasteiger partial charge in [0.05, 0.1) is 19.7 Å². The highest BCUT2D eigenvalue weighted by Crippen LogP contribution is 2.23. The molecule has 0 aliphatic carbocycles. The monoisotopic (exact) mass is 490 g/mol. The van der Waals surface area contributed by atoms with Gasteiger partial charge in [0.1, 0.15) is 18.0 Å². The molecule has 3 aromatic carbocycles. The largest absolute Gasteiger partial charge is 0.497 e. The predicted octanol–water partition coefficient (Wildman–Crippen LogP) is 5.40. The first-order valence-electron chi connectivity index (χ1n) is 11.3. The van der Waals surface area contributed by atoms with E-state index in [9.17, 15) is 9.59 Å². The van der Waals surface area contributed by atoms with Crippen molar-refractivity contribution in [3.63, 3.8) is 0 Å². The molecule has 0 bridgehead atoms. The standard InChI is InChI=1S/C28H27ClN2O4/c1-18-4-10-22(29)15-25(18)30-27(32)17-31-26-16-24(35-3)13-9-20(26)14-21(28(31)33)8-5-19-6-11-23(34-2)12-7-19/h4,6-7,9-16H,5,8,17H2,1-3H3,(H,30,32). The summed E-state index contributed by atoms with van der Waals surface area (Å²) in [6.45, 7) is 1.75. The van der Waals surface area contributed by atoms with E-state index in [-0.39, 0.29) is 18.0 Å². The lowest BCUT2D eigenvalue weighted by molar-refractivity contribution is -0.116. The molecule has 7 heteroatoms. The number of carbonyl (C=O) groups excluding carboxylic acids is 1. The second-order valence-corrected chi connectivity index (χ2v) is 8.78. The van der Waals surface area contributed by atoms with Crippen LogP contribution in [0.3, 0.4) is 0 Å². The number of pyridine rings is 1. The van der Waals surface area contributed by atoms with Gasteiger partial charge in [0.15, 0.2) is 0 Å². The average molecular weight is 491 g/mol.